The van der Waals surface area contributed by atoms with Crippen LogP contribution in [-0.2, 0) is 12.8 Å². The zero-order valence-electron chi connectivity index (χ0n) is 7.25. The van der Waals surface area contributed by atoms with Gasteiger partial charge in [-0.05, 0) is 36.1 Å². The van der Waals surface area contributed by atoms with Crippen LogP contribution in [0.1, 0.15) is 11.1 Å². The highest BCUT2D eigenvalue weighted by Crippen LogP contribution is 2.29. The van der Waals surface area contributed by atoms with E-state index >= 15 is 0 Å². The monoisotopic (exact) mass is 170 g/mol. The van der Waals surface area contributed by atoms with Gasteiger partial charge in [-0.2, -0.15) is 0 Å². The van der Waals surface area contributed by atoms with Crippen LogP contribution in [0, 0.1) is 0 Å². The van der Waals surface area contributed by atoms with Crippen LogP contribution < -0.4 is 0 Å². The van der Waals surface area contributed by atoms with Crippen molar-refractivity contribution in [3.05, 3.63) is 41.7 Å². The van der Waals surface area contributed by atoms with E-state index in [9.17, 15) is 0 Å². The molecule has 1 aliphatic carbocycles. The number of rotatable bonds is 0. The molecule has 2 heteroatoms. The number of hydrogen-bond acceptors (Lipinski definition) is 1. The fraction of sp³-hybridized carbons (Fsp3) is 0.182. The van der Waals surface area contributed by atoms with Gasteiger partial charge in [-0.25, -0.2) is 0 Å². The zero-order chi connectivity index (χ0) is 8.67. The lowest BCUT2D eigenvalue weighted by Gasteiger charge is -2.14. The van der Waals surface area contributed by atoms with Crippen molar-refractivity contribution in [3.8, 4) is 11.4 Å². The van der Waals surface area contributed by atoms with Crippen molar-refractivity contribution in [2.45, 2.75) is 12.8 Å². The van der Waals surface area contributed by atoms with Gasteiger partial charge < -0.3 is 4.98 Å². The Morgan fingerprint density at radius 1 is 1.15 bits per heavy atom. The number of aromatic amines is 1. The predicted molar refractivity (Wildman–Crippen MR) is 51.4 cm³/mol. The fourth-order valence-corrected chi connectivity index (χ4v) is 1.97. The number of pyridine rings is 1. The predicted octanol–water partition coefficient (Wildman–Crippen LogP) is 2.18. The normalized spacial score (nSPS) is 13.5. The Kier molecular flexibility index (Phi) is 1.30. The summed E-state index contributed by atoms with van der Waals surface area (Å²) in [4.78, 5) is 7.65. The minimum absolute atomic E-state index is 1.12. The van der Waals surface area contributed by atoms with Gasteiger partial charge >= 0.3 is 0 Å². The zero-order valence-corrected chi connectivity index (χ0v) is 7.25. The summed E-state index contributed by atoms with van der Waals surface area (Å²) in [5.74, 6) is 0. The third-order valence-corrected chi connectivity index (χ3v) is 2.63. The second-order valence-corrected chi connectivity index (χ2v) is 3.39. The minimum atomic E-state index is 1.12. The van der Waals surface area contributed by atoms with Crippen molar-refractivity contribution in [3.63, 3.8) is 0 Å². The summed E-state index contributed by atoms with van der Waals surface area (Å²) in [6.07, 6.45) is 6.11. The summed E-state index contributed by atoms with van der Waals surface area (Å²) >= 11 is 0. The van der Waals surface area contributed by atoms with Crippen LogP contribution in [0.4, 0.5) is 0 Å². The molecule has 0 radical (unpaired) electrons. The lowest BCUT2D eigenvalue weighted by atomic mass is 9.94. The van der Waals surface area contributed by atoms with Crippen molar-refractivity contribution in [2.24, 2.45) is 0 Å². The molecule has 2 aromatic heterocycles. The summed E-state index contributed by atoms with van der Waals surface area (Å²) in [6, 6.07) is 6.31. The van der Waals surface area contributed by atoms with Crippen LogP contribution in [0.2, 0.25) is 0 Å². The fourth-order valence-electron chi connectivity index (χ4n) is 1.97. The molecule has 0 bridgehead atoms. The summed E-state index contributed by atoms with van der Waals surface area (Å²) in [7, 11) is 0. The first-order valence-electron chi connectivity index (χ1n) is 4.55. The molecule has 0 fully saturated rings. The standard InChI is InChI=1S/C11H10N2/c1-2-8-3-4-9-5-7-13-11(9)10(8)12-6-1/h1-2,5-7,13H,3-4H2. The van der Waals surface area contributed by atoms with Crippen LogP contribution in [0.15, 0.2) is 30.6 Å². The van der Waals surface area contributed by atoms with E-state index in [2.05, 4.69) is 22.1 Å². The molecule has 13 heavy (non-hydrogen) atoms. The maximum absolute atomic E-state index is 4.40. The smallest absolute Gasteiger partial charge is 0.0899 e. The summed E-state index contributed by atoms with van der Waals surface area (Å²) in [5.41, 5.74) is 5.10. The third kappa shape index (κ3) is 0.917. The van der Waals surface area contributed by atoms with Gasteiger partial charge in [-0.1, -0.05) is 6.07 Å². The van der Waals surface area contributed by atoms with Crippen LogP contribution >= 0.6 is 0 Å². The maximum Gasteiger partial charge on any atom is 0.0899 e. The molecule has 3 rings (SSSR count). The second kappa shape index (κ2) is 2.46. The highest BCUT2D eigenvalue weighted by atomic mass is 14.8. The number of nitrogens with one attached hydrogen (secondary N) is 1. The summed E-state index contributed by atoms with van der Waals surface area (Å²) in [6.45, 7) is 0. The Morgan fingerprint density at radius 3 is 3.08 bits per heavy atom. The Balaban J connectivity index is 2.30. The van der Waals surface area contributed by atoms with Gasteiger partial charge in [0.25, 0.3) is 0 Å². The van der Waals surface area contributed by atoms with E-state index in [1.165, 1.54) is 16.8 Å². The van der Waals surface area contributed by atoms with Gasteiger partial charge in [-0.3, -0.25) is 4.98 Å². The first-order valence-corrected chi connectivity index (χ1v) is 4.55. The van der Waals surface area contributed by atoms with E-state index in [0.29, 0.717) is 0 Å². The van der Waals surface area contributed by atoms with Crippen LogP contribution in [-0.4, -0.2) is 9.97 Å². The van der Waals surface area contributed by atoms with Crippen molar-refractivity contribution in [1.82, 2.24) is 9.97 Å². The molecule has 0 aliphatic heterocycles. The van der Waals surface area contributed by atoms with Gasteiger partial charge in [0.15, 0.2) is 0 Å². The minimum Gasteiger partial charge on any atom is -0.360 e. The number of H-pyrrole nitrogens is 1. The molecular weight excluding hydrogens is 160 g/mol. The quantitative estimate of drug-likeness (QED) is 0.645. The van der Waals surface area contributed by atoms with Gasteiger partial charge in [0.2, 0.25) is 0 Å². The summed E-state index contributed by atoms with van der Waals surface area (Å²) in [5, 5.41) is 0. The third-order valence-electron chi connectivity index (χ3n) is 2.63. The maximum atomic E-state index is 4.40. The first kappa shape index (κ1) is 6.89. The Hall–Kier alpha value is -1.57. The van der Waals surface area contributed by atoms with E-state index in [1.54, 1.807) is 0 Å². The second-order valence-electron chi connectivity index (χ2n) is 3.39. The van der Waals surface area contributed by atoms with E-state index in [4.69, 9.17) is 0 Å². The van der Waals surface area contributed by atoms with Crippen LogP contribution in [0.25, 0.3) is 11.4 Å². The Bertz CT molecular complexity index is 443. The molecular formula is C11H10N2. The van der Waals surface area contributed by atoms with Crippen molar-refractivity contribution in [2.75, 3.05) is 0 Å². The molecule has 1 N–H and O–H groups in total. The number of aryl methyl sites for hydroxylation is 2. The van der Waals surface area contributed by atoms with E-state index in [-0.39, 0.29) is 0 Å². The van der Waals surface area contributed by atoms with Crippen LogP contribution in [0.3, 0.4) is 0 Å². The molecule has 0 spiro atoms. The number of hydrogen-bond donors (Lipinski definition) is 1. The first-order chi connectivity index (χ1) is 6.45. The number of aromatic nitrogens is 2. The topological polar surface area (TPSA) is 28.7 Å². The van der Waals surface area contributed by atoms with Crippen molar-refractivity contribution in [1.29, 1.82) is 0 Å². The van der Waals surface area contributed by atoms with Gasteiger partial charge in [0, 0.05) is 12.4 Å². The SMILES string of the molecule is c1cnc2c(c1)CCc1cc[nH]c1-2. The highest BCUT2D eigenvalue weighted by Gasteiger charge is 2.16. The van der Waals surface area contributed by atoms with E-state index in [0.717, 1.165) is 18.5 Å². The molecule has 0 saturated heterocycles. The number of fused-ring (bicyclic) bond motifs is 3. The largest absolute Gasteiger partial charge is 0.360 e. The molecule has 0 atom stereocenters. The molecule has 0 unspecified atom stereocenters. The average molecular weight is 170 g/mol. The highest BCUT2D eigenvalue weighted by molar-refractivity contribution is 5.65. The van der Waals surface area contributed by atoms with E-state index < -0.39 is 0 Å². The lowest BCUT2D eigenvalue weighted by Crippen LogP contribution is -2.03. The lowest BCUT2D eigenvalue weighted by molar-refractivity contribution is 0.926. The molecule has 0 saturated carbocycles. The molecule has 64 valence electrons. The summed E-state index contributed by atoms with van der Waals surface area (Å²) < 4.78 is 0. The van der Waals surface area contributed by atoms with Gasteiger partial charge in [0.1, 0.15) is 0 Å². The Morgan fingerprint density at radius 2 is 2.08 bits per heavy atom. The van der Waals surface area contributed by atoms with E-state index in [1.807, 2.05) is 18.5 Å². The molecule has 1 aliphatic rings. The molecule has 2 aromatic rings. The van der Waals surface area contributed by atoms with Gasteiger partial charge in [0.05, 0.1) is 11.4 Å². The molecule has 0 aromatic carbocycles. The van der Waals surface area contributed by atoms with Crippen LogP contribution in [0.5, 0.6) is 0 Å². The van der Waals surface area contributed by atoms with Gasteiger partial charge in [-0.15, -0.1) is 0 Å². The molecule has 2 heterocycles. The molecule has 0 amide bonds. The average Bonchev–Trinajstić information content (AvgIpc) is 2.65. The molecule has 2 nitrogen and oxygen atoms in total. The van der Waals surface area contributed by atoms with Crippen molar-refractivity contribution < 1.29 is 0 Å². The number of nitrogens with zero attached hydrogens (tertiary/aromatic N) is 1. The Labute approximate surface area is 76.6 Å². The van der Waals surface area contributed by atoms with Crippen molar-refractivity contribution >= 4 is 0 Å².